The van der Waals surface area contributed by atoms with Crippen molar-refractivity contribution in [3.8, 4) is 28.1 Å². The molecular formula is C19H13F6NO4S. The van der Waals surface area contributed by atoms with Crippen LogP contribution in [0.4, 0.5) is 26.3 Å². The summed E-state index contributed by atoms with van der Waals surface area (Å²) in [6, 6.07) is 6.09. The topological polar surface area (TPSA) is 69.4 Å². The van der Waals surface area contributed by atoms with E-state index in [4.69, 9.17) is 4.52 Å². The lowest BCUT2D eigenvalue weighted by molar-refractivity contribution is -0.274. The van der Waals surface area contributed by atoms with Gasteiger partial charge in [-0.1, -0.05) is 11.2 Å². The summed E-state index contributed by atoms with van der Waals surface area (Å²) in [4.78, 5) is -0.627. The van der Waals surface area contributed by atoms with Crippen molar-refractivity contribution < 1.29 is 44.0 Å². The van der Waals surface area contributed by atoms with Gasteiger partial charge in [-0.15, -0.1) is 13.2 Å². The first-order valence-corrected chi connectivity index (χ1v) is 10.3. The fourth-order valence-corrected chi connectivity index (χ4v) is 3.65. The van der Waals surface area contributed by atoms with Gasteiger partial charge in [-0.2, -0.15) is 0 Å². The Labute approximate surface area is 172 Å². The Balaban J connectivity index is 2.15. The van der Waals surface area contributed by atoms with Gasteiger partial charge >= 0.3 is 6.36 Å². The van der Waals surface area contributed by atoms with E-state index in [-0.39, 0.29) is 27.9 Å². The van der Waals surface area contributed by atoms with Gasteiger partial charge in [-0.05, 0) is 48.4 Å². The average molecular weight is 465 g/mol. The van der Waals surface area contributed by atoms with Crippen molar-refractivity contribution in [3.05, 3.63) is 53.5 Å². The van der Waals surface area contributed by atoms with Crippen LogP contribution in [-0.2, 0) is 9.84 Å². The number of aryl methyl sites for hydroxylation is 1. The van der Waals surface area contributed by atoms with Gasteiger partial charge in [0.25, 0.3) is 6.43 Å². The fourth-order valence-electron chi connectivity index (χ4n) is 2.92. The van der Waals surface area contributed by atoms with Crippen LogP contribution in [0.5, 0.6) is 5.75 Å². The van der Waals surface area contributed by atoms with Gasteiger partial charge in [0.05, 0.1) is 5.56 Å². The van der Waals surface area contributed by atoms with E-state index in [2.05, 4.69) is 9.89 Å². The van der Waals surface area contributed by atoms with Gasteiger partial charge in [0.15, 0.2) is 9.84 Å². The molecule has 0 N–H and O–H groups in total. The third kappa shape index (κ3) is 4.84. The first kappa shape index (κ1) is 22.7. The number of hydrogen-bond donors (Lipinski definition) is 0. The summed E-state index contributed by atoms with van der Waals surface area (Å²) >= 11 is 0. The van der Waals surface area contributed by atoms with Crippen LogP contribution in [0.15, 0.2) is 45.8 Å². The minimum atomic E-state index is -4.92. The summed E-state index contributed by atoms with van der Waals surface area (Å²) in [5, 5.41) is 3.57. The maximum absolute atomic E-state index is 14.3. The summed E-state index contributed by atoms with van der Waals surface area (Å²) in [5.74, 6) is -2.58. The molecule has 0 saturated carbocycles. The standard InChI is InChI=1S/C19H13F6NO4S/c1-9-7-11(3-5-13(9)29-19(23,24)25)16-15(17(18(21)22)30-26-16)10-4-6-14(12(20)8-10)31(2,27)28/h3-8,18H,1-2H3. The predicted octanol–water partition coefficient (Wildman–Crippen LogP) is 5.70. The minimum Gasteiger partial charge on any atom is -0.406 e. The number of ether oxygens (including phenoxy) is 1. The first-order valence-electron chi connectivity index (χ1n) is 8.42. The number of aromatic nitrogens is 1. The van der Waals surface area contributed by atoms with E-state index in [0.717, 1.165) is 36.6 Å². The molecule has 0 amide bonds. The van der Waals surface area contributed by atoms with Gasteiger partial charge < -0.3 is 9.26 Å². The number of benzene rings is 2. The number of alkyl halides is 5. The largest absolute Gasteiger partial charge is 0.573 e. The molecule has 1 heterocycles. The number of nitrogens with zero attached hydrogens (tertiary/aromatic N) is 1. The number of hydrogen-bond acceptors (Lipinski definition) is 5. The lowest BCUT2D eigenvalue weighted by Gasteiger charge is -2.12. The van der Waals surface area contributed by atoms with Crippen molar-refractivity contribution in [2.45, 2.75) is 24.6 Å². The second-order valence-electron chi connectivity index (χ2n) is 6.52. The van der Waals surface area contributed by atoms with Crippen molar-refractivity contribution in [1.29, 1.82) is 0 Å². The molecule has 0 unspecified atom stereocenters. The third-order valence-electron chi connectivity index (χ3n) is 4.21. The molecule has 0 aliphatic heterocycles. The van der Waals surface area contributed by atoms with Gasteiger partial charge in [-0.25, -0.2) is 21.6 Å². The predicted molar refractivity (Wildman–Crippen MR) is 96.8 cm³/mol. The van der Waals surface area contributed by atoms with E-state index in [1.807, 2.05) is 0 Å². The van der Waals surface area contributed by atoms with Crippen LogP contribution in [0.25, 0.3) is 22.4 Å². The normalized spacial score (nSPS) is 12.4. The summed E-state index contributed by atoms with van der Waals surface area (Å²) in [6.07, 6.45) is -7.29. The molecule has 0 spiro atoms. The van der Waals surface area contributed by atoms with Crippen LogP contribution in [0.3, 0.4) is 0 Å². The molecule has 3 rings (SSSR count). The van der Waals surface area contributed by atoms with E-state index in [1.54, 1.807) is 0 Å². The molecule has 0 aliphatic rings. The molecule has 0 radical (unpaired) electrons. The lowest BCUT2D eigenvalue weighted by atomic mass is 9.98. The Morgan fingerprint density at radius 3 is 2.23 bits per heavy atom. The van der Waals surface area contributed by atoms with Crippen molar-refractivity contribution in [2.75, 3.05) is 6.26 Å². The quantitative estimate of drug-likeness (QED) is 0.453. The Morgan fingerprint density at radius 1 is 1.06 bits per heavy atom. The van der Waals surface area contributed by atoms with E-state index < -0.39 is 44.8 Å². The van der Waals surface area contributed by atoms with Crippen molar-refractivity contribution in [1.82, 2.24) is 5.16 Å². The van der Waals surface area contributed by atoms with Crippen LogP contribution < -0.4 is 4.74 Å². The van der Waals surface area contributed by atoms with E-state index in [9.17, 15) is 34.8 Å². The van der Waals surface area contributed by atoms with Gasteiger partial charge in [-0.3, -0.25) is 0 Å². The zero-order valence-electron chi connectivity index (χ0n) is 15.8. The van der Waals surface area contributed by atoms with Gasteiger partial charge in [0.1, 0.15) is 22.2 Å². The molecule has 12 heteroatoms. The highest BCUT2D eigenvalue weighted by molar-refractivity contribution is 7.90. The Hall–Kier alpha value is -3.02. The third-order valence-corrected chi connectivity index (χ3v) is 5.34. The molecule has 31 heavy (non-hydrogen) atoms. The molecular weight excluding hydrogens is 452 g/mol. The second kappa shape index (κ2) is 7.91. The molecule has 1 aromatic heterocycles. The Morgan fingerprint density at radius 2 is 1.71 bits per heavy atom. The highest BCUT2D eigenvalue weighted by atomic mass is 32.2. The molecule has 166 valence electrons. The molecule has 0 saturated heterocycles. The molecule has 0 bridgehead atoms. The zero-order chi connectivity index (χ0) is 23.1. The summed E-state index contributed by atoms with van der Waals surface area (Å²) in [7, 11) is -3.90. The van der Waals surface area contributed by atoms with Crippen molar-refractivity contribution in [3.63, 3.8) is 0 Å². The lowest BCUT2D eigenvalue weighted by Crippen LogP contribution is -2.17. The fraction of sp³-hybridized carbons (Fsp3) is 0.211. The maximum atomic E-state index is 14.3. The molecule has 2 aromatic carbocycles. The first-order chi connectivity index (χ1) is 14.3. The summed E-state index contributed by atoms with van der Waals surface area (Å²) in [6.45, 7) is 1.30. The van der Waals surface area contributed by atoms with Crippen molar-refractivity contribution in [2.24, 2.45) is 0 Å². The number of sulfone groups is 1. The van der Waals surface area contributed by atoms with Crippen LogP contribution in [0, 0.1) is 12.7 Å². The van der Waals surface area contributed by atoms with E-state index in [1.165, 1.54) is 13.0 Å². The van der Waals surface area contributed by atoms with Crippen LogP contribution in [0.1, 0.15) is 17.7 Å². The van der Waals surface area contributed by atoms with Crippen LogP contribution in [0.2, 0.25) is 0 Å². The number of rotatable bonds is 5. The SMILES string of the molecule is Cc1cc(-c2noc(C(F)F)c2-c2ccc(S(C)(=O)=O)c(F)c2)ccc1OC(F)(F)F. The van der Waals surface area contributed by atoms with E-state index >= 15 is 0 Å². The highest BCUT2D eigenvalue weighted by Crippen LogP contribution is 2.41. The molecule has 3 aromatic rings. The van der Waals surface area contributed by atoms with E-state index in [0.29, 0.717) is 0 Å². The Kier molecular flexibility index (Phi) is 5.78. The summed E-state index contributed by atoms with van der Waals surface area (Å²) < 4.78 is 110. The molecule has 0 fully saturated rings. The highest BCUT2D eigenvalue weighted by Gasteiger charge is 2.32. The average Bonchev–Trinajstić information content (AvgIpc) is 3.06. The smallest absolute Gasteiger partial charge is 0.406 e. The van der Waals surface area contributed by atoms with Crippen molar-refractivity contribution >= 4 is 9.84 Å². The van der Waals surface area contributed by atoms with Crippen LogP contribution >= 0.6 is 0 Å². The Bertz CT molecular complexity index is 1230. The molecule has 0 aliphatic carbocycles. The van der Waals surface area contributed by atoms with Gasteiger partial charge in [0, 0.05) is 11.8 Å². The molecule has 5 nitrogen and oxygen atoms in total. The van der Waals surface area contributed by atoms with Crippen LogP contribution in [-0.4, -0.2) is 26.2 Å². The number of halogens is 6. The summed E-state index contributed by atoms with van der Waals surface area (Å²) in [5.41, 5.74) is -0.530. The monoisotopic (exact) mass is 465 g/mol. The minimum absolute atomic E-state index is 0.0287. The maximum Gasteiger partial charge on any atom is 0.573 e. The molecule has 0 atom stereocenters. The zero-order valence-corrected chi connectivity index (χ0v) is 16.6. The second-order valence-corrected chi connectivity index (χ2v) is 8.50. The van der Waals surface area contributed by atoms with Gasteiger partial charge in [0.2, 0.25) is 5.76 Å².